The number of likely N-dealkylation sites (tertiary alicyclic amines) is 1. The van der Waals surface area contributed by atoms with Crippen LogP contribution in [0.3, 0.4) is 0 Å². The van der Waals surface area contributed by atoms with Crippen molar-refractivity contribution in [2.75, 3.05) is 19.7 Å². The second-order valence-corrected chi connectivity index (χ2v) is 7.75. The Labute approximate surface area is 146 Å². The summed E-state index contributed by atoms with van der Waals surface area (Å²) in [6.07, 6.45) is 4.03. The highest BCUT2D eigenvalue weighted by Crippen LogP contribution is 2.36. The molecule has 0 radical (unpaired) electrons. The first kappa shape index (κ1) is 16.1. The topological polar surface area (TPSA) is 47.5 Å². The molecule has 128 valence electrons. The van der Waals surface area contributed by atoms with Gasteiger partial charge in [-0.3, -0.25) is 9.88 Å². The fourth-order valence-electron chi connectivity index (χ4n) is 3.58. The SMILES string of the molecule is Cc1csc(CN2CC3(CC(OCc4ccccn4)CCO3)C2)n1. The quantitative estimate of drug-likeness (QED) is 0.834. The standard InChI is InChI=1S/C18H23N3O2S/c1-14-11-24-17(20-14)9-21-12-18(13-21)8-16(5-7-23-18)22-10-15-4-2-3-6-19-15/h2-4,6,11,16H,5,7-10,12-13H2,1H3. The van der Waals surface area contributed by atoms with Crippen molar-refractivity contribution in [2.45, 2.75) is 44.6 Å². The molecule has 5 nitrogen and oxygen atoms in total. The molecule has 0 saturated carbocycles. The van der Waals surface area contributed by atoms with Crippen molar-refractivity contribution in [3.05, 3.63) is 46.2 Å². The molecule has 1 unspecified atom stereocenters. The van der Waals surface area contributed by atoms with Crippen molar-refractivity contribution in [3.63, 3.8) is 0 Å². The molecular weight excluding hydrogens is 322 g/mol. The van der Waals surface area contributed by atoms with E-state index in [9.17, 15) is 0 Å². The number of ether oxygens (including phenoxy) is 2. The third-order valence-electron chi connectivity index (χ3n) is 4.69. The molecule has 6 heteroatoms. The molecular formula is C18H23N3O2S. The minimum Gasteiger partial charge on any atom is -0.372 e. The van der Waals surface area contributed by atoms with Gasteiger partial charge in [0.15, 0.2) is 0 Å². The average Bonchev–Trinajstić information content (AvgIpc) is 2.98. The second kappa shape index (κ2) is 6.88. The molecule has 2 aromatic rings. The molecule has 0 N–H and O–H groups in total. The van der Waals surface area contributed by atoms with Gasteiger partial charge in [-0.05, 0) is 25.5 Å². The van der Waals surface area contributed by atoms with Gasteiger partial charge in [0.2, 0.25) is 0 Å². The summed E-state index contributed by atoms with van der Waals surface area (Å²) in [6.45, 7) is 6.32. The summed E-state index contributed by atoms with van der Waals surface area (Å²) in [6, 6.07) is 5.94. The van der Waals surface area contributed by atoms with Crippen molar-refractivity contribution in [1.29, 1.82) is 0 Å². The summed E-state index contributed by atoms with van der Waals surface area (Å²) in [7, 11) is 0. The van der Waals surface area contributed by atoms with Gasteiger partial charge in [0.25, 0.3) is 0 Å². The first-order valence-electron chi connectivity index (χ1n) is 8.50. The van der Waals surface area contributed by atoms with Gasteiger partial charge in [-0.2, -0.15) is 0 Å². The number of hydrogen-bond donors (Lipinski definition) is 0. The van der Waals surface area contributed by atoms with Crippen LogP contribution in [0, 0.1) is 6.92 Å². The number of nitrogens with zero attached hydrogens (tertiary/aromatic N) is 3. The van der Waals surface area contributed by atoms with E-state index in [4.69, 9.17) is 9.47 Å². The largest absolute Gasteiger partial charge is 0.372 e. The monoisotopic (exact) mass is 345 g/mol. The fourth-order valence-corrected chi connectivity index (χ4v) is 4.39. The van der Waals surface area contributed by atoms with E-state index in [0.29, 0.717) is 6.61 Å². The molecule has 2 aromatic heterocycles. The lowest BCUT2D eigenvalue weighted by Gasteiger charge is -2.53. The molecule has 0 bridgehead atoms. The Bertz CT molecular complexity index is 670. The minimum absolute atomic E-state index is 0.0145. The molecule has 2 aliphatic rings. The summed E-state index contributed by atoms with van der Waals surface area (Å²) in [4.78, 5) is 11.3. The zero-order chi connectivity index (χ0) is 16.4. The number of aryl methyl sites for hydroxylation is 1. The normalized spacial score (nSPS) is 23.3. The smallest absolute Gasteiger partial charge is 0.107 e. The number of thiazole rings is 1. The van der Waals surface area contributed by atoms with Crippen LogP contribution >= 0.6 is 11.3 Å². The third-order valence-corrected chi connectivity index (χ3v) is 5.64. The van der Waals surface area contributed by atoms with E-state index < -0.39 is 0 Å². The van der Waals surface area contributed by atoms with E-state index in [1.807, 2.05) is 31.3 Å². The number of hydrogen-bond acceptors (Lipinski definition) is 6. The minimum atomic E-state index is -0.0145. The van der Waals surface area contributed by atoms with Crippen LogP contribution in [-0.2, 0) is 22.6 Å². The highest BCUT2D eigenvalue weighted by Gasteiger charge is 2.47. The Morgan fingerprint density at radius 3 is 3.08 bits per heavy atom. The van der Waals surface area contributed by atoms with Crippen LogP contribution < -0.4 is 0 Å². The lowest BCUT2D eigenvalue weighted by Crippen LogP contribution is -2.65. The van der Waals surface area contributed by atoms with Gasteiger partial charge in [0.1, 0.15) is 5.01 Å². The number of pyridine rings is 1. The highest BCUT2D eigenvalue weighted by molar-refractivity contribution is 7.09. The van der Waals surface area contributed by atoms with Crippen molar-refractivity contribution >= 4 is 11.3 Å². The van der Waals surface area contributed by atoms with E-state index in [1.165, 1.54) is 5.01 Å². The van der Waals surface area contributed by atoms with E-state index in [-0.39, 0.29) is 11.7 Å². The van der Waals surface area contributed by atoms with Crippen molar-refractivity contribution in [2.24, 2.45) is 0 Å². The second-order valence-electron chi connectivity index (χ2n) is 6.81. The molecule has 1 spiro atoms. The molecule has 2 fully saturated rings. The van der Waals surface area contributed by atoms with Crippen LogP contribution in [0.5, 0.6) is 0 Å². The van der Waals surface area contributed by atoms with Crippen LogP contribution in [0.1, 0.15) is 29.2 Å². The molecule has 24 heavy (non-hydrogen) atoms. The van der Waals surface area contributed by atoms with Crippen molar-refractivity contribution in [1.82, 2.24) is 14.9 Å². The molecule has 0 amide bonds. The predicted octanol–water partition coefficient (Wildman–Crippen LogP) is 2.80. The molecule has 4 rings (SSSR count). The lowest BCUT2D eigenvalue weighted by molar-refractivity contribution is -0.200. The maximum Gasteiger partial charge on any atom is 0.107 e. The van der Waals surface area contributed by atoms with Gasteiger partial charge in [-0.1, -0.05) is 6.07 Å². The van der Waals surface area contributed by atoms with Gasteiger partial charge in [0, 0.05) is 43.4 Å². The fraction of sp³-hybridized carbons (Fsp3) is 0.556. The van der Waals surface area contributed by atoms with E-state index in [0.717, 1.165) is 50.5 Å². The van der Waals surface area contributed by atoms with Gasteiger partial charge in [0.05, 0.1) is 30.6 Å². The van der Waals surface area contributed by atoms with E-state index in [2.05, 4.69) is 20.2 Å². The first-order valence-corrected chi connectivity index (χ1v) is 9.38. The Kier molecular flexibility index (Phi) is 4.63. The summed E-state index contributed by atoms with van der Waals surface area (Å²) in [5.41, 5.74) is 2.09. The van der Waals surface area contributed by atoms with Crippen molar-refractivity contribution < 1.29 is 9.47 Å². The number of aromatic nitrogens is 2. The maximum atomic E-state index is 6.10. The number of rotatable bonds is 5. The van der Waals surface area contributed by atoms with Crippen molar-refractivity contribution in [3.8, 4) is 0 Å². The van der Waals surface area contributed by atoms with Gasteiger partial charge in [-0.25, -0.2) is 4.98 Å². The van der Waals surface area contributed by atoms with Crippen LogP contribution in [0.4, 0.5) is 0 Å². The summed E-state index contributed by atoms with van der Waals surface area (Å²) < 4.78 is 12.2. The zero-order valence-electron chi connectivity index (χ0n) is 14.0. The molecule has 4 heterocycles. The van der Waals surface area contributed by atoms with Gasteiger partial charge >= 0.3 is 0 Å². The van der Waals surface area contributed by atoms with Crippen LogP contribution in [0.25, 0.3) is 0 Å². The Morgan fingerprint density at radius 1 is 1.42 bits per heavy atom. The van der Waals surface area contributed by atoms with E-state index >= 15 is 0 Å². The first-order chi connectivity index (χ1) is 11.7. The van der Waals surface area contributed by atoms with Gasteiger partial charge < -0.3 is 9.47 Å². The van der Waals surface area contributed by atoms with Crippen LogP contribution in [0.15, 0.2) is 29.8 Å². The molecule has 1 atom stereocenters. The molecule has 2 saturated heterocycles. The Morgan fingerprint density at radius 2 is 2.33 bits per heavy atom. The van der Waals surface area contributed by atoms with Gasteiger partial charge in [-0.15, -0.1) is 11.3 Å². The third kappa shape index (κ3) is 3.67. The Hall–Kier alpha value is -1.34. The van der Waals surface area contributed by atoms with Crippen LogP contribution in [0.2, 0.25) is 0 Å². The predicted molar refractivity (Wildman–Crippen MR) is 92.9 cm³/mol. The van der Waals surface area contributed by atoms with Crippen LogP contribution in [-0.4, -0.2) is 46.3 Å². The molecule has 0 aliphatic carbocycles. The zero-order valence-corrected chi connectivity index (χ0v) is 14.8. The maximum absolute atomic E-state index is 6.10. The molecule has 0 aromatic carbocycles. The highest BCUT2D eigenvalue weighted by atomic mass is 32.1. The Balaban J connectivity index is 1.26. The van der Waals surface area contributed by atoms with E-state index in [1.54, 1.807) is 11.3 Å². The summed E-state index contributed by atoms with van der Waals surface area (Å²) >= 11 is 1.74. The lowest BCUT2D eigenvalue weighted by atomic mass is 9.84. The molecule has 2 aliphatic heterocycles. The summed E-state index contributed by atoms with van der Waals surface area (Å²) in [5, 5.41) is 3.31. The summed E-state index contributed by atoms with van der Waals surface area (Å²) in [5.74, 6) is 0. The average molecular weight is 345 g/mol.